The molecule has 0 aliphatic carbocycles. The molecule has 0 aromatic heterocycles. The highest BCUT2D eigenvalue weighted by Gasteiger charge is 2.27. The van der Waals surface area contributed by atoms with Crippen molar-refractivity contribution in [2.24, 2.45) is 0 Å². The third-order valence-corrected chi connectivity index (χ3v) is 3.00. The van der Waals surface area contributed by atoms with Crippen LogP contribution in [0.3, 0.4) is 0 Å². The van der Waals surface area contributed by atoms with E-state index in [9.17, 15) is 4.79 Å². The van der Waals surface area contributed by atoms with E-state index in [2.05, 4.69) is 0 Å². The first-order chi connectivity index (χ1) is 6.47. The van der Waals surface area contributed by atoms with Gasteiger partial charge in [0, 0.05) is 18.6 Å². The van der Waals surface area contributed by atoms with Gasteiger partial charge in [0.2, 0.25) is 5.91 Å². The maximum Gasteiger partial charge on any atom is 0.236 e. The molecule has 4 heteroatoms. The van der Waals surface area contributed by atoms with E-state index in [0.717, 1.165) is 19.5 Å². The lowest BCUT2D eigenvalue weighted by molar-refractivity contribution is -0.137. The second-order valence-corrected chi connectivity index (χ2v) is 4.56. The van der Waals surface area contributed by atoms with E-state index in [1.807, 2.05) is 30.7 Å². The molecule has 0 radical (unpaired) electrons. The fraction of sp³-hybridized carbons (Fsp3) is 0.900. The molecule has 1 heterocycles. The Labute approximate surface area is 85.5 Å². The van der Waals surface area contributed by atoms with E-state index >= 15 is 0 Å². The number of likely N-dealkylation sites (tertiary alicyclic amines) is 1. The van der Waals surface area contributed by atoms with Crippen LogP contribution in [0.15, 0.2) is 0 Å². The van der Waals surface area contributed by atoms with Crippen LogP contribution < -0.4 is 0 Å². The number of amides is 1. The molecule has 1 aliphatic heterocycles. The van der Waals surface area contributed by atoms with Crippen molar-refractivity contribution in [1.82, 2.24) is 9.80 Å². The van der Waals surface area contributed by atoms with Gasteiger partial charge in [-0.2, -0.15) is 0 Å². The number of aliphatic hydroxyl groups excluding tert-OH is 1. The minimum atomic E-state index is -0.319. The van der Waals surface area contributed by atoms with Crippen LogP contribution in [0.5, 0.6) is 0 Å². The molecule has 0 bridgehead atoms. The van der Waals surface area contributed by atoms with Gasteiger partial charge in [-0.15, -0.1) is 0 Å². The summed E-state index contributed by atoms with van der Waals surface area (Å²) in [4.78, 5) is 15.3. The first kappa shape index (κ1) is 11.5. The monoisotopic (exact) mass is 200 g/mol. The van der Waals surface area contributed by atoms with Crippen molar-refractivity contribution in [3.8, 4) is 0 Å². The van der Waals surface area contributed by atoms with Crippen molar-refractivity contribution >= 4 is 5.91 Å². The highest BCUT2D eigenvalue weighted by molar-refractivity contribution is 5.79. The number of nitrogens with zero attached hydrogens (tertiary/aromatic N) is 2. The van der Waals surface area contributed by atoms with Crippen LogP contribution in [-0.2, 0) is 4.79 Å². The summed E-state index contributed by atoms with van der Waals surface area (Å²) in [7, 11) is 1.87. The van der Waals surface area contributed by atoms with Crippen LogP contribution in [0.4, 0.5) is 0 Å². The van der Waals surface area contributed by atoms with E-state index in [1.54, 1.807) is 0 Å². The molecular formula is C10H20N2O2. The molecule has 0 aromatic rings. The summed E-state index contributed by atoms with van der Waals surface area (Å²) in [6.45, 7) is 6.11. The molecule has 4 nitrogen and oxygen atoms in total. The van der Waals surface area contributed by atoms with Crippen LogP contribution >= 0.6 is 0 Å². The average molecular weight is 200 g/mol. The largest absolute Gasteiger partial charge is 0.394 e. The van der Waals surface area contributed by atoms with E-state index < -0.39 is 0 Å². The molecule has 0 saturated carbocycles. The number of carbonyl (C=O) groups is 1. The fourth-order valence-electron chi connectivity index (χ4n) is 1.20. The maximum atomic E-state index is 11.6. The van der Waals surface area contributed by atoms with Gasteiger partial charge in [-0.05, 0) is 27.3 Å². The minimum Gasteiger partial charge on any atom is -0.394 e. The third kappa shape index (κ3) is 2.45. The van der Waals surface area contributed by atoms with Crippen molar-refractivity contribution in [1.29, 1.82) is 0 Å². The van der Waals surface area contributed by atoms with E-state index in [1.165, 1.54) is 0 Å². The quantitative estimate of drug-likeness (QED) is 0.690. The van der Waals surface area contributed by atoms with Gasteiger partial charge in [0.1, 0.15) is 0 Å². The Kier molecular flexibility index (Phi) is 3.50. The summed E-state index contributed by atoms with van der Waals surface area (Å²) in [5.41, 5.74) is -0.319. The SMILES string of the molecule is CN(CC(=O)N1CCC1)C(C)(C)CO. The van der Waals surface area contributed by atoms with E-state index in [-0.39, 0.29) is 18.1 Å². The van der Waals surface area contributed by atoms with Crippen LogP contribution in [-0.4, -0.2) is 59.6 Å². The number of aliphatic hydroxyl groups is 1. The number of hydrogen-bond donors (Lipinski definition) is 1. The zero-order chi connectivity index (χ0) is 10.8. The zero-order valence-electron chi connectivity index (χ0n) is 9.29. The Hall–Kier alpha value is -0.610. The summed E-state index contributed by atoms with van der Waals surface area (Å²) in [6.07, 6.45) is 1.12. The number of carbonyl (C=O) groups excluding carboxylic acids is 1. The van der Waals surface area contributed by atoms with Crippen molar-refractivity contribution < 1.29 is 9.90 Å². The van der Waals surface area contributed by atoms with Gasteiger partial charge < -0.3 is 10.0 Å². The lowest BCUT2D eigenvalue weighted by Gasteiger charge is -2.37. The molecular weight excluding hydrogens is 180 g/mol. The van der Waals surface area contributed by atoms with Crippen molar-refractivity contribution in [3.63, 3.8) is 0 Å². The number of hydrogen-bond acceptors (Lipinski definition) is 3. The molecule has 1 rings (SSSR count). The Morgan fingerprint density at radius 2 is 2.07 bits per heavy atom. The highest BCUT2D eigenvalue weighted by atomic mass is 16.3. The van der Waals surface area contributed by atoms with Gasteiger partial charge in [0.15, 0.2) is 0 Å². The van der Waals surface area contributed by atoms with Crippen LogP contribution in [0.2, 0.25) is 0 Å². The summed E-state index contributed by atoms with van der Waals surface area (Å²) in [5, 5.41) is 9.12. The number of likely N-dealkylation sites (N-methyl/N-ethyl adjacent to an activating group) is 1. The summed E-state index contributed by atoms with van der Waals surface area (Å²) in [6, 6.07) is 0. The Morgan fingerprint density at radius 1 is 1.50 bits per heavy atom. The van der Waals surface area contributed by atoms with E-state index in [0.29, 0.717) is 6.54 Å². The van der Waals surface area contributed by atoms with Crippen molar-refractivity contribution in [2.75, 3.05) is 33.3 Å². The Morgan fingerprint density at radius 3 is 2.43 bits per heavy atom. The molecule has 0 aromatic carbocycles. The highest BCUT2D eigenvalue weighted by Crippen LogP contribution is 2.12. The molecule has 1 N–H and O–H groups in total. The fourth-order valence-corrected chi connectivity index (χ4v) is 1.20. The second-order valence-electron chi connectivity index (χ2n) is 4.56. The number of rotatable bonds is 4. The zero-order valence-corrected chi connectivity index (χ0v) is 9.29. The van der Waals surface area contributed by atoms with Crippen molar-refractivity contribution in [3.05, 3.63) is 0 Å². The molecule has 1 amide bonds. The molecule has 1 aliphatic rings. The molecule has 82 valence electrons. The third-order valence-electron chi connectivity index (χ3n) is 3.00. The Balaban J connectivity index is 2.39. The first-order valence-corrected chi connectivity index (χ1v) is 5.07. The lowest BCUT2D eigenvalue weighted by atomic mass is 10.1. The van der Waals surface area contributed by atoms with Gasteiger partial charge in [-0.3, -0.25) is 9.69 Å². The first-order valence-electron chi connectivity index (χ1n) is 5.07. The predicted octanol–water partition coefficient (Wildman–Crippen LogP) is -0.0786. The van der Waals surface area contributed by atoms with Crippen LogP contribution in [0, 0.1) is 0 Å². The van der Waals surface area contributed by atoms with Gasteiger partial charge in [-0.25, -0.2) is 0 Å². The van der Waals surface area contributed by atoms with Crippen LogP contribution in [0.1, 0.15) is 20.3 Å². The topological polar surface area (TPSA) is 43.8 Å². The Bertz CT molecular complexity index is 212. The molecule has 1 saturated heterocycles. The van der Waals surface area contributed by atoms with Gasteiger partial charge in [-0.1, -0.05) is 0 Å². The molecule has 1 fully saturated rings. The molecule has 0 spiro atoms. The van der Waals surface area contributed by atoms with Crippen LogP contribution in [0.25, 0.3) is 0 Å². The lowest BCUT2D eigenvalue weighted by Crippen LogP contribution is -2.52. The molecule has 0 atom stereocenters. The minimum absolute atomic E-state index is 0.0662. The standard InChI is InChI=1S/C10H20N2O2/c1-10(2,8-13)11(3)7-9(14)12-5-4-6-12/h13H,4-8H2,1-3H3. The summed E-state index contributed by atoms with van der Waals surface area (Å²) in [5.74, 6) is 0.167. The summed E-state index contributed by atoms with van der Waals surface area (Å²) < 4.78 is 0. The van der Waals surface area contributed by atoms with E-state index in [4.69, 9.17) is 5.11 Å². The smallest absolute Gasteiger partial charge is 0.236 e. The predicted molar refractivity (Wildman–Crippen MR) is 55.0 cm³/mol. The maximum absolute atomic E-state index is 11.6. The van der Waals surface area contributed by atoms with Gasteiger partial charge >= 0.3 is 0 Å². The molecule has 0 unspecified atom stereocenters. The van der Waals surface area contributed by atoms with Gasteiger partial charge in [0.25, 0.3) is 0 Å². The van der Waals surface area contributed by atoms with Crippen molar-refractivity contribution in [2.45, 2.75) is 25.8 Å². The average Bonchev–Trinajstić information content (AvgIpc) is 2.00. The molecule has 14 heavy (non-hydrogen) atoms. The van der Waals surface area contributed by atoms with Gasteiger partial charge in [0.05, 0.1) is 13.2 Å². The summed E-state index contributed by atoms with van der Waals surface area (Å²) >= 11 is 0. The normalized spacial score (nSPS) is 17.1. The second kappa shape index (κ2) is 4.28.